The first-order valence-corrected chi connectivity index (χ1v) is 11.7. The molecule has 1 radical (unpaired) electrons. The summed E-state index contributed by atoms with van der Waals surface area (Å²) in [5, 5.41) is 4.82. The molecule has 0 saturated heterocycles. The van der Waals surface area contributed by atoms with Gasteiger partial charge in [-0.2, -0.15) is 0 Å². The smallest absolute Gasteiger partial charge is 0.307 e. The molecule has 1 atom stereocenters. The fourth-order valence-electron chi connectivity index (χ4n) is 2.86. The summed E-state index contributed by atoms with van der Waals surface area (Å²) in [6.45, 7) is 9.42. The number of nitrogens with one attached hydrogen (secondary N) is 1. The monoisotopic (exact) mass is 515 g/mol. The van der Waals surface area contributed by atoms with Gasteiger partial charge in [0, 0.05) is 35.5 Å². The Balaban J connectivity index is 2.98. The Kier molecular flexibility index (Phi) is 11.4. The molecule has 28 heavy (non-hydrogen) atoms. The van der Waals surface area contributed by atoms with Crippen molar-refractivity contribution in [2.75, 3.05) is 28.6 Å². The Morgan fingerprint density at radius 3 is 2.46 bits per heavy atom. The molecule has 0 spiro atoms. The summed E-state index contributed by atoms with van der Waals surface area (Å²) in [6.07, 6.45) is 1.51. The van der Waals surface area contributed by atoms with Crippen LogP contribution in [-0.4, -0.2) is 55.0 Å². The quantitative estimate of drug-likeness (QED) is 0.199. The molecular formula is C20H30BBr2N2O3. The molecule has 0 aliphatic heterocycles. The number of benzene rings is 1. The highest BCUT2D eigenvalue weighted by Crippen LogP contribution is 2.22. The zero-order chi connectivity index (χ0) is 21.2. The van der Waals surface area contributed by atoms with Crippen molar-refractivity contribution in [1.82, 2.24) is 5.23 Å². The van der Waals surface area contributed by atoms with Gasteiger partial charge in [-0.05, 0) is 57.4 Å². The van der Waals surface area contributed by atoms with Crippen LogP contribution in [-0.2, 0) is 20.7 Å². The molecular weight excluding hydrogens is 487 g/mol. The minimum atomic E-state index is -0.530. The van der Waals surface area contributed by atoms with Crippen LogP contribution in [0.4, 0.5) is 5.69 Å². The molecule has 1 aromatic carbocycles. The zero-order valence-electron chi connectivity index (χ0n) is 17.1. The number of halogens is 2. The standard InChI is InChI=1S/C20H30BBr2N2O3/c1-15-5-6-18(25(9-7-22)10-8-23)12-16(15)11-17(24-21-14-26)13-19(27)28-20(2,3)4/h5-6,12,14,17,24H,7-11,13H2,1-4H3/t17-/m0/s1. The lowest BCUT2D eigenvalue weighted by Crippen LogP contribution is -2.38. The Hall–Kier alpha value is -0.855. The van der Waals surface area contributed by atoms with Gasteiger partial charge in [-0.3, -0.25) is 4.79 Å². The Morgan fingerprint density at radius 2 is 1.93 bits per heavy atom. The summed E-state index contributed by atoms with van der Waals surface area (Å²) in [4.78, 5) is 25.4. The van der Waals surface area contributed by atoms with Crippen LogP contribution in [0.1, 0.15) is 38.3 Å². The van der Waals surface area contributed by atoms with E-state index in [1.165, 1.54) is 7.41 Å². The van der Waals surface area contributed by atoms with Gasteiger partial charge in [0.25, 0.3) is 7.41 Å². The van der Waals surface area contributed by atoms with Gasteiger partial charge in [-0.1, -0.05) is 37.9 Å². The Labute approximate surface area is 186 Å². The van der Waals surface area contributed by atoms with Gasteiger partial charge >= 0.3 is 5.97 Å². The summed E-state index contributed by atoms with van der Waals surface area (Å²) >= 11 is 7.03. The molecule has 0 aliphatic rings. The topological polar surface area (TPSA) is 58.6 Å². The van der Waals surface area contributed by atoms with Crippen LogP contribution in [0.25, 0.3) is 0 Å². The SMILES string of the molecule is Cc1ccc(N(CCBr)CCBr)cc1C[C@@H](CC(=O)OC(C)(C)C)N[B]C=O. The maximum absolute atomic E-state index is 12.3. The van der Waals surface area contributed by atoms with Gasteiger partial charge in [0.15, 0.2) is 0 Å². The number of rotatable bonds is 12. The van der Waals surface area contributed by atoms with Gasteiger partial charge < -0.3 is 19.7 Å². The first kappa shape index (κ1) is 25.2. The number of esters is 1. The third-order valence-electron chi connectivity index (χ3n) is 4.11. The number of anilines is 1. The van der Waals surface area contributed by atoms with Crippen molar-refractivity contribution in [1.29, 1.82) is 0 Å². The lowest BCUT2D eigenvalue weighted by Gasteiger charge is -2.26. The Morgan fingerprint density at radius 1 is 1.29 bits per heavy atom. The molecule has 8 heteroatoms. The highest BCUT2D eigenvalue weighted by Gasteiger charge is 2.21. The van der Waals surface area contributed by atoms with Crippen LogP contribution >= 0.6 is 31.9 Å². The third kappa shape index (κ3) is 9.57. The third-order valence-corrected chi connectivity index (χ3v) is 4.82. The molecule has 0 bridgehead atoms. The second-order valence-corrected chi connectivity index (χ2v) is 9.22. The molecule has 155 valence electrons. The number of carbonyl (C=O) groups excluding carboxylic acids is 2. The average molecular weight is 517 g/mol. The summed E-state index contributed by atoms with van der Waals surface area (Å²) in [5.74, 6) is -0.279. The molecule has 0 fully saturated rings. The fraction of sp³-hybridized carbons (Fsp3) is 0.600. The van der Waals surface area contributed by atoms with Crippen molar-refractivity contribution in [3.05, 3.63) is 29.3 Å². The van der Waals surface area contributed by atoms with Crippen LogP contribution in [0.5, 0.6) is 0 Å². The van der Waals surface area contributed by atoms with Crippen LogP contribution in [0.15, 0.2) is 18.2 Å². The second-order valence-electron chi connectivity index (χ2n) is 7.64. The van der Waals surface area contributed by atoms with E-state index in [0.717, 1.165) is 40.6 Å². The van der Waals surface area contributed by atoms with Crippen molar-refractivity contribution >= 4 is 57.1 Å². The number of alkyl halides is 2. The van der Waals surface area contributed by atoms with Gasteiger partial charge in [0.1, 0.15) is 5.60 Å². The molecule has 0 aromatic heterocycles. The van der Waals surface area contributed by atoms with Crippen LogP contribution < -0.4 is 10.1 Å². The van der Waals surface area contributed by atoms with E-state index < -0.39 is 5.60 Å². The van der Waals surface area contributed by atoms with Gasteiger partial charge in [-0.25, -0.2) is 0 Å². The zero-order valence-corrected chi connectivity index (χ0v) is 20.3. The molecule has 5 nitrogen and oxygen atoms in total. The predicted molar refractivity (Wildman–Crippen MR) is 125 cm³/mol. The van der Waals surface area contributed by atoms with Gasteiger partial charge in [0.05, 0.1) is 12.6 Å². The minimum absolute atomic E-state index is 0.192. The molecule has 0 saturated carbocycles. The van der Waals surface area contributed by atoms with Gasteiger partial charge in [0.2, 0.25) is 0 Å². The van der Waals surface area contributed by atoms with Crippen molar-refractivity contribution in [2.45, 2.75) is 52.2 Å². The molecule has 0 aliphatic carbocycles. The molecule has 1 rings (SSSR count). The average Bonchev–Trinajstić information content (AvgIpc) is 2.59. The van der Waals surface area contributed by atoms with E-state index in [9.17, 15) is 9.59 Å². The van der Waals surface area contributed by atoms with E-state index in [2.05, 4.69) is 67.1 Å². The lowest BCUT2D eigenvalue weighted by molar-refractivity contribution is -0.155. The Bertz CT molecular complexity index is 632. The summed E-state index contributed by atoms with van der Waals surface area (Å²) < 4.78 is 5.44. The van der Waals surface area contributed by atoms with Crippen LogP contribution in [0.2, 0.25) is 0 Å². The van der Waals surface area contributed by atoms with E-state index in [1.807, 2.05) is 20.8 Å². The largest absolute Gasteiger partial charge is 0.460 e. The second kappa shape index (κ2) is 12.7. The molecule has 0 unspecified atom stereocenters. The fourth-order valence-corrected chi connectivity index (χ4v) is 3.72. The molecule has 1 N–H and O–H groups in total. The number of carbonyl (C=O) groups is 2. The number of nitrogens with zero attached hydrogens (tertiary/aromatic N) is 1. The van der Waals surface area contributed by atoms with Crippen molar-refractivity contribution < 1.29 is 14.3 Å². The number of hydrogen-bond acceptors (Lipinski definition) is 5. The molecule has 0 amide bonds. The van der Waals surface area contributed by atoms with E-state index in [1.54, 1.807) is 0 Å². The highest BCUT2D eigenvalue weighted by molar-refractivity contribution is 9.09. The first-order valence-electron chi connectivity index (χ1n) is 9.41. The minimum Gasteiger partial charge on any atom is -0.460 e. The van der Waals surface area contributed by atoms with Crippen molar-refractivity contribution in [3.8, 4) is 0 Å². The maximum Gasteiger partial charge on any atom is 0.307 e. The van der Waals surface area contributed by atoms with E-state index >= 15 is 0 Å². The molecule has 1 aromatic rings. The summed E-state index contributed by atoms with van der Waals surface area (Å²) in [7, 11) is 1.34. The van der Waals surface area contributed by atoms with E-state index in [-0.39, 0.29) is 18.4 Å². The van der Waals surface area contributed by atoms with E-state index in [0.29, 0.717) is 12.6 Å². The van der Waals surface area contributed by atoms with Crippen LogP contribution in [0, 0.1) is 6.92 Å². The number of ether oxygens (including phenoxy) is 1. The molecule has 0 heterocycles. The van der Waals surface area contributed by atoms with Crippen molar-refractivity contribution in [2.24, 2.45) is 0 Å². The predicted octanol–water partition coefficient (Wildman–Crippen LogP) is 3.63. The highest BCUT2D eigenvalue weighted by atomic mass is 79.9. The van der Waals surface area contributed by atoms with Gasteiger partial charge in [-0.15, -0.1) is 0 Å². The summed E-state index contributed by atoms with van der Waals surface area (Å²) in [5.41, 5.74) is 2.92. The van der Waals surface area contributed by atoms with Crippen molar-refractivity contribution in [3.63, 3.8) is 0 Å². The first-order chi connectivity index (χ1) is 13.2. The number of hydrogen-bond donors (Lipinski definition) is 1. The summed E-state index contributed by atoms with van der Waals surface area (Å²) in [6, 6.07) is 6.19. The normalized spacial score (nSPS) is 12.4. The van der Waals surface area contributed by atoms with E-state index in [4.69, 9.17) is 4.74 Å². The van der Waals surface area contributed by atoms with Crippen LogP contribution in [0.3, 0.4) is 0 Å². The number of aryl methyl sites for hydroxylation is 1. The maximum atomic E-state index is 12.3. The lowest BCUT2D eigenvalue weighted by atomic mass is 9.91.